The standard InChI is InChI=1S/C17H26O3/c1-2-3-4-5-9-12-16(18)13-17(19)20-14-15-10-7-6-8-11-15/h6-8,10-11,16,18H,2-5,9,12-14H2,1H3/t16-/m0/s1. The van der Waals surface area contributed by atoms with Gasteiger partial charge in [0.05, 0.1) is 12.5 Å². The smallest absolute Gasteiger partial charge is 0.308 e. The Labute approximate surface area is 122 Å². The van der Waals surface area contributed by atoms with Gasteiger partial charge in [-0.2, -0.15) is 0 Å². The molecule has 0 radical (unpaired) electrons. The summed E-state index contributed by atoms with van der Waals surface area (Å²) in [5.41, 5.74) is 0.968. The number of carbonyl (C=O) groups excluding carboxylic acids is 1. The number of benzene rings is 1. The summed E-state index contributed by atoms with van der Waals surface area (Å²) in [5.74, 6) is -0.324. The molecule has 1 aromatic carbocycles. The Hall–Kier alpha value is -1.35. The maximum absolute atomic E-state index is 11.6. The van der Waals surface area contributed by atoms with Crippen molar-refractivity contribution in [3.05, 3.63) is 35.9 Å². The van der Waals surface area contributed by atoms with Crippen LogP contribution in [0.5, 0.6) is 0 Å². The second-order valence-electron chi connectivity index (χ2n) is 5.21. The molecule has 1 atom stereocenters. The molecule has 112 valence electrons. The van der Waals surface area contributed by atoms with Gasteiger partial charge >= 0.3 is 5.97 Å². The molecular weight excluding hydrogens is 252 g/mol. The van der Waals surface area contributed by atoms with Crippen LogP contribution >= 0.6 is 0 Å². The van der Waals surface area contributed by atoms with Crippen LogP contribution in [0.15, 0.2) is 30.3 Å². The van der Waals surface area contributed by atoms with E-state index in [1.807, 2.05) is 30.3 Å². The van der Waals surface area contributed by atoms with Crippen molar-refractivity contribution < 1.29 is 14.6 Å². The molecule has 0 heterocycles. The Bertz CT molecular complexity index is 362. The van der Waals surface area contributed by atoms with Crippen LogP contribution in [0.2, 0.25) is 0 Å². The highest BCUT2D eigenvalue weighted by Crippen LogP contribution is 2.10. The largest absolute Gasteiger partial charge is 0.461 e. The van der Waals surface area contributed by atoms with Crippen molar-refractivity contribution in [3.63, 3.8) is 0 Å². The van der Waals surface area contributed by atoms with Gasteiger partial charge in [0.15, 0.2) is 0 Å². The number of esters is 1. The number of rotatable bonds is 10. The first kappa shape index (κ1) is 16.7. The predicted octanol–water partition coefficient (Wildman–Crippen LogP) is 3.84. The number of unbranched alkanes of at least 4 members (excludes halogenated alkanes) is 4. The maximum atomic E-state index is 11.6. The van der Waals surface area contributed by atoms with Gasteiger partial charge in [0.2, 0.25) is 0 Å². The average Bonchev–Trinajstić information content (AvgIpc) is 2.46. The van der Waals surface area contributed by atoms with E-state index in [0.717, 1.165) is 18.4 Å². The van der Waals surface area contributed by atoms with Crippen molar-refractivity contribution in [2.45, 2.75) is 64.6 Å². The monoisotopic (exact) mass is 278 g/mol. The first-order chi connectivity index (χ1) is 9.72. The highest BCUT2D eigenvalue weighted by molar-refractivity contribution is 5.69. The summed E-state index contributed by atoms with van der Waals surface area (Å²) >= 11 is 0. The topological polar surface area (TPSA) is 46.5 Å². The molecule has 0 spiro atoms. The molecule has 0 unspecified atom stereocenters. The van der Waals surface area contributed by atoms with Crippen LogP contribution in [0.25, 0.3) is 0 Å². The summed E-state index contributed by atoms with van der Waals surface area (Å²) in [6, 6.07) is 9.57. The maximum Gasteiger partial charge on any atom is 0.308 e. The van der Waals surface area contributed by atoms with Gasteiger partial charge in [-0.1, -0.05) is 69.4 Å². The molecule has 0 saturated heterocycles. The Balaban J connectivity index is 2.09. The molecule has 0 aliphatic carbocycles. The van der Waals surface area contributed by atoms with Crippen molar-refractivity contribution in [1.82, 2.24) is 0 Å². The molecule has 1 rings (SSSR count). The lowest BCUT2D eigenvalue weighted by Crippen LogP contribution is -2.15. The summed E-state index contributed by atoms with van der Waals surface area (Å²) in [4.78, 5) is 11.6. The van der Waals surface area contributed by atoms with Crippen molar-refractivity contribution >= 4 is 5.97 Å². The fraction of sp³-hybridized carbons (Fsp3) is 0.588. The van der Waals surface area contributed by atoms with E-state index in [1.54, 1.807) is 0 Å². The molecule has 0 aliphatic rings. The molecule has 0 aromatic heterocycles. The zero-order chi connectivity index (χ0) is 14.6. The first-order valence-electron chi connectivity index (χ1n) is 7.60. The molecule has 1 N–H and O–H groups in total. The molecule has 0 bridgehead atoms. The van der Waals surface area contributed by atoms with Crippen LogP contribution in [0.3, 0.4) is 0 Å². The minimum absolute atomic E-state index is 0.0978. The summed E-state index contributed by atoms with van der Waals surface area (Å²) in [5, 5.41) is 9.77. The van der Waals surface area contributed by atoms with Gasteiger partial charge in [-0.15, -0.1) is 0 Å². The molecule has 0 amide bonds. The zero-order valence-corrected chi connectivity index (χ0v) is 12.4. The fourth-order valence-electron chi connectivity index (χ4n) is 2.07. The zero-order valence-electron chi connectivity index (χ0n) is 12.4. The second-order valence-corrected chi connectivity index (χ2v) is 5.21. The lowest BCUT2D eigenvalue weighted by atomic mass is 10.1. The van der Waals surface area contributed by atoms with Gasteiger partial charge in [-0.05, 0) is 12.0 Å². The van der Waals surface area contributed by atoms with E-state index < -0.39 is 6.10 Å². The third-order valence-electron chi connectivity index (χ3n) is 3.29. The van der Waals surface area contributed by atoms with Crippen LogP contribution in [0.1, 0.15) is 57.4 Å². The van der Waals surface area contributed by atoms with Gasteiger partial charge in [0, 0.05) is 0 Å². The number of aliphatic hydroxyl groups is 1. The Morgan fingerprint density at radius 2 is 1.85 bits per heavy atom. The van der Waals surface area contributed by atoms with Crippen molar-refractivity contribution in [2.75, 3.05) is 0 Å². The second kappa shape index (κ2) is 10.4. The number of carbonyl (C=O) groups is 1. The third-order valence-corrected chi connectivity index (χ3v) is 3.29. The van der Waals surface area contributed by atoms with Gasteiger partial charge in [0.1, 0.15) is 6.61 Å². The fourth-order valence-corrected chi connectivity index (χ4v) is 2.07. The normalized spacial score (nSPS) is 12.1. The van der Waals surface area contributed by atoms with Crippen molar-refractivity contribution in [1.29, 1.82) is 0 Å². The summed E-state index contributed by atoms with van der Waals surface area (Å²) < 4.78 is 5.14. The van der Waals surface area contributed by atoms with Crippen LogP contribution in [0, 0.1) is 0 Å². The van der Waals surface area contributed by atoms with E-state index in [9.17, 15) is 9.90 Å². The Morgan fingerprint density at radius 1 is 1.15 bits per heavy atom. The average molecular weight is 278 g/mol. The lowest BCUT2D eigenvalue weighted by Gasteiger charge is -2.10. The molecule has 3 nitrogen and oxygen atoms in total. The number of hydrogen-bond acceptors (Lipinski definition) is 3. The lowest BCUT2D eigenvalue weighted by molar-refractivity contribution is -0.147. The minimum Gasteiger partial charge on any atom is -0.461 e. The van der Waals surface area contributed by atoms with Crippen LogP contribution in [-0.2, 0) is 16.1 Å². The quantitative estimate of drug-likeness (QED) is 0.522. The molecule has 20 heavy (non-hydrogen) atoms. The molecule has 0 aliphatic heterocycles. The molecule has 0 saturated carbocycles. The van der Waals surface area contributed by atoms with E-state index in [1.165, 1.54) is 19.3 Å². The van der Waals surface area contributed by atoms with Crippen molar-refractivity contribution in [3.8, 4) is 0 Å². The molecule has 0 fully saturated rings. The van der Waals surface area contributed by atoms with Gasteiger partial charge in [-0.3, -0.25) is 4.79 Å². The Morgan fingerprint density at radius 3 is 2.55 bits per heavy atom. The van der Waals surface area contributed by atoms with Gasteiger partial charge < -0.3 is 9.84 Å². The van der Waals surface area contributed by atoms with Gasteiger partial charge in [0.25, 0.3) is 0 Å². The van der Waals surface area contributed by atoms with Crippen molar-refractivity contribution in [2.24, 2.45) is 0 Å². The molecule has 3 heteroatoms. The molecular formula is C17H26O3. The first-order valence-corrected chi connectivity index (χ1v) is 7.60. The van der Waals surface area contributed by atoms with Crippen LogP contribution in [-0.4, -0.2) is 17.2 Å². The molecule has 1 aromatic rings. The number of aliphatic hydroxyl groups excluding tert-OH is 1. The van der Waals surface area contributed by atoms with E-state index in [2.05, 4.69) is 6.92 Å². The van der Waals surface area contributed by atoms with Crippen LogP contribution < -0.4 is 0 Å². The van der Waals surface area contributed by atoms with E-state index in [-0.39, 0.29) is 19.0 Å². The van der Waals surface area contributed by atoms with E-state index in [0.29, 0.717) is 6.42 Å². The number of ether oxygens (including phenoxy) is 1. The summed E-state index contributed by atoms with van der Waals surface area (Å²) in [6.07, 6.45) is 5.99. The third kappa shape index (κ3) is 7.95. The summed E-state index contributed by atoms with van der Waals surface area (Å²) in [7, 11) is 0. The SMILES string of the molecule is CCCCCCC[C@H](O)CC(=O)OCc1ccccc1. The number of hydrogen-bond donors (Lipinski definition) is 1. The highest BCUT2D eigenvalue weighted by atomic mass is 16.5. The predicted molar refractivity (Wildman–Crippen MR) is 80.2 cm³/mol. The summed E-state index contributed by atoms with van der Waals surface area (Å²) in [6.45, 7) is 2.46. The van der Waals surface area contributed by atoms with E-state index >= 15 is 0 Å². The highest BCUT2D eigenvalue weighted by Gasteiger charge is 2.11. The minimum atomic E-state index is -0.570. The van der Waals surface area contributed by atoms with Crippen LogP contribution in [0.4, 0.5) is 0 Å². The Kier molecular flexibility index (Phi) is 8.72. The van der Waals surface area contributed by atoms with Gasteiger partial charge in [-0.25, -0.2) is 0 Å². The van der Waals surface area contributed by atoms with E-state index in [4.69, 9.17) is 4.74 Å².